The molecule has 2 nitrogen and oxygen atoms in total. The van der Waals surface area contributed by atoms with E-state index in [2.05, 4.69) is 4.74 Å². The number of halogens is 4. The lowest BCUT2D eigenvalue weighted by molar-refractivity contribution is -0.0498. The van der Waals surface area contributed by atoms with Gasteiger partial charge in [-0.25, -0.2) is 8.78 Å². The van der Waals surface area contributed by atoms with E-state index in [1.54, 1.807) is 0 Å². The quantitative estimate of drug-likeness (QED) is 0.868. The molecule has 0 amide bonds. The van der Waals surface area contributed by atoms with E-state index >= 15 is 0 Å². The van der Waals surface area contributed by atoms with Crippen molar-refractivity contribution in [2.75, 3.05) is 0 Å². The van der Waals surface area contributed by atoms with Crippen LogP contribution >= 0.6 is 0 Å². The predicted octanol–water partition coefficient (Wildman–Crippen LogP) is 3.92. The van der Waals surface area contributed by atoms with Crippen LogP contribution in [0.25, 0.3) is 0 Å². The molecule has 112 valence electrons. The molecule has 0 heterocycles. The van der Waals surface area contributed by atoms with E-state index in [1.165, 1.54) is 43.3 Å². The average Bonchev–Trinajstić information content (AvgIpc) is 2.44. The zero-order valence-corrected chi connectivity index (χ0v) is 11.1. The van der Waals surface area contributed by atoms with Gasteiger partial charge in [-0.2, -0.15) is 8.78 Å². The predicted molar refractivity (Wildman–Crippen MR) is 70.2 cm³/mol. The van der Waals surface area contributed by atoms with Crippen molar-refractivity contribution in [1.29, 1.82) is 0 Å². The normalized spacial score (nSPS) is 12.5. The largest absolute Gasteiger partial charge is 0.435 e. The van der Waals surface area contributed by atoms with Crippen molar-refractivity contribution in [1.82, 2.24) is 0 Å². The van der Waals surface area contributed by atoms with Crippen LogP contribution in [0.3, 0.4) is 0 Å². The Balaban J connectivity index is 2.28. The van der Waals surface area contributed by atoms with Crippen LogP contribution in [0.2, 0.25) is 0 Å². The van der Waals surface area contributed by atoms with E-state index in [0.717, 1.165) is 0 Å². The van der Waals surface area contributed by atoms with Crippen molar-refractivity contribution >= 4 is 0 Å². The molecule has 2 aromatic carbocycles. The summed E-state index contributed by atoms with van der Waals surface area (Å²) < 4.78 is 55.7. The highest BCUT2D eigenvalue weighted by atomic mass is 19.3. The molecule has 1 atom stereocenters. The topological polar surface area (TPSA) is 35.2 Å². The average molecular weight is 299 g/mol. The minimum atomic E-state index is -2.92. The maximum absolute atomic E-state index is 13.9. The molecule has 0 fully saturated rings. The Morgan fingerprint density at radius 1 is 0.952 bits per heavy atom. The molecule has 0 spiro atoms. The van der Waals surface area contributed by atoms with Gasteiger partial charge in [-0.15, -0.1) is 0 Å². The molecule has 21 heavy (non-hydrogen) atoms. The maximum atomic E-state index is 13.9. The van der Waals surface area contributed by atoms with Crippen LogP contribution in [0.5, 0.6) is 5.75 Å². The number of benzene rings is 2. The molecule has 1 unspecified atom stereocenters. The summed E-state index contributed by atoms with van der Waals surface area (Å²) in [6, 6.07) is 7.39. The van der Waals surface area contributed by atoms with Crippen LogP contribution in [-0.4, -0.2) is 6.61 Å². The van der Waals surface area contributed by atoms with E-state index in [1.807, 2.05) is 0 Å². The summed E-state index contributed by atoms with van der Waals surface area (Å²) in [7, 11) is 0. The highest BCUT2D eigenvalue weighted by Gasteiger charge is 2.18. The number of hydrogen-bond acceptors (Lipinski definition) is 2. The van der Waals surface area contributed by atoms with Crippen molar-refractivity contribution < 1.29 is 22.3 Å². The standard InChI is InChI=1S/C15H13F4NO/c1-8-2-7-11(13(17)12(8)16)14(20)9-3-5-10(6-4-9)21-15(18)19/h2-7,14-15H,20H2,1H3. The fourth-order valence-electron chi connectivity index (χ4n) is 1.94. The maximum Gasteiger partial charge on any atom is 0.387 e. The molecule has 6 heteroatoms. The van der Waals surface area contributed by atoms with E-state index in [0.29, 0.717) is 5.56 Å². The van der Waals surface area contributed by atoms with Gasteiger partial charge in [-0.1, -0.05) is 24.3 Å². The van der Waals surface area contributed by atoms with Crippen molar-refractivity contribution in [3.63, 3.8) is 0 Å². The van der Waals surface area contributed by atoms with Crippen LogP contribution in [0, 0.1) is 18.6 Å². The van der Waals surface area contributed by atoms with Crippen molar-refractivity contribution in [2.24, 2.45) is 5.73 Å². The summed E-state index contributed by atoms with van der Waals surface area (Å²) in [5.74, 6) is -1.98. The molecule has 0 aliphatic heterocycles. The second-order valence-electron chi connectivity index (χ2n) is 4.52. The van der Waals surface area contributed by atoms with Crippen LogP contribution in [0.4, 0.5) is 17.6 Å². The van der Waals surface area contributed by atoms with Crippen LogP contribution in [0.15, 0.2) is 36.4 Å². The Kier molecular flexibility index (Phi) is 4.47. The Labute approximate surface area is 119 Å². The zero-order valence-electron chi connectivity index (χ0n) is 11.1. The Hall–Kier alpha value is -2.08. The van der Waals surface area contributed by atoms with Gasteiger partial charge in [0.2, 0.25) is 0 Å². The molecule has 2 N–H and O–H groups in total. The number of rotatable bonds is 4. The van der Waals surface area contributed by atoms with Gasteiger partial charge in [0, 0.05) is 5.56 Å². The first-order valence-corrected chi connectivity index (χ1v) is 6.15. The number of alkyl halides is 2. The van der Waals surface area contributed by atoms with E-state index in [-0.39, 0.29) is 16.9 Å². The Morgan fingerprint density at radius 2 is 1.57 bits per heavy atom. The monoisotopic (exact) mass is 299 g/mol. The molecule has 0 aromatic heterocycles. The number of aryl methyl sites for hydroxylation is 1. The third-order valence-electron chi connectivity index (χ3n) is 3.10. The lowest BCUT2D eigenvalue weighted by Crippen LogP contribution is -2.15. The molecule has 0 aliphatic rings. The van der Waals surface area contributed by atoms with Gasteiger partial charge in [0.05, 0.1) is 6.04 Å². The summed E-state index contributed by atoms with van der Waals surface area (Å²) in [6.45, 7) is -1.47. The third-order valence-corrected chi connectivity index (χ3v) is 3.10. The third kappa shape index (κ3) is 3.33. The summed E-state index contributed by atoms with van der Waals surface area (Å²) in [4.78, 5) is 0. The summed E-state index contributed by atoms with van der Waals surface area (Å²) in [6.07, 6.45) is 0. The second kappa shape index (κ2) is 6.13. The van der Waals surface area contributed by atoms with E-state index in [4.69, 9.17) is 5.73 Å². The Morgan fingerprint density at radius 3 is 2.14 bits per heavy atom. The minimum absolute atomic E-state index is 0.000581. The molecule has 2 rings (SSSR count). The first kappa shape index (κ1) is 15.3. The fourth-order valence-corrected chi connectivity index (χ4v) is 1.94. The Bertz CT molecular complexity index is 628. The highest BCUT2D eigenvalue weighted by molar-refractivity contribution is 5.37. The molecule has 2 aromatic rings. The SMILES string of the molecule is Cc1ccc(C(N)c2ccc(OC(F)F)cc2)c(F)c1F. The summed E-state index contributed by atoms with van der Waals surface area (Å²) in [5.41, 5.74) is 6.53. The minimum Gasteiger partial charge on any atom is -0.435 e. The molecular weight excluding hydrogens is 286 g/mol. The van der Waals surface area contributed by atoms with Gasteiger partial charge in [0.1, 0.15) is 5.75 Å². The number of nitrogens with two attached hydrogens (primary N) is 1. The lowest BCUT2D eigenvalue weighted by Gasteiger charge is -2.15. The highest BCUT2D eigenvalue weighted by Crippen LogP contribution is 2.26. The molecular formula is C15H13F4NO. The van der Waals surface area contributed by atoms with Gasteiger partial charge >= 0.3 is 6.61 Å². The first-order chi connectivity index (χ1) is 9.90. The van der Waals surface area contributed by atoms with Crippen molar-refractivity contribution in [3.05, 3.63) is 64.7 Å². The van der Waals surface area contributed by atoms with Gasteiger partial charge in [0.25, 0.3) is 0 Å². The van der Waals surface area contributed by atoms with Crippen LogP contribution < -0.4 is 10.5 Å². The van der Waals surface area contributed by atoms with Gasteiger partial charge in [-0.3, -0.25) is 0 Å². The van der Waals surface area contributed by atoms with Crippen LogP contribution in [-0.2, 0) is 0 Å². The number of ether oxygens (including phenoxy) is 1. The van der Waals surface area contributed by atoms with E-state index in [9.17, 15) is 17.6 Å². The fraction of sp³-hybridized carbons (Fsp3) is 0.200. The van der Waals surface area contributed by atoms with E-state index < -0.39 is 24.3 Å². The van der Waals surface area contributed by atoms with Gasteiger partial charge in [-0.05, 0) is 30.2 Å². The zero-order chi connectivity index (χ0) is 15.6. The van der Waals surface area contributed by atoms with Crippen molar-refractivity contribution in [3.8, 4) is 5.75 Å². The molecule has 0 bridgehead atoms. The van der Waals surface area contributed by atoms with Gasteiger partial charge < -0.3 is 10.5 Å². The molecule has 0 saturated heterocycles. The molecule has 0 aliphatic carbocycles. The first-order valence-electron chi connectivity index (χ1n) is 6.15. The lowest BCUT2D eigenvalue weighted by atomic mass is 9.98. The molecule has 0 radical (unpaired) electrons. The van der Waals surface area contributed by atoms with Gasteiger partial charge in [0.15, 0.2) is 11.6 Å². The van der Waals surface area contributed by atoms with Crippen LogP contribution in [0.1, 0.15) is 22.7 Å². The summed E-state index contributed by atoms with van der Waals surface area (Å²) >= 11 is 0. The smallest absolute Gasteiger partial charge is 0.387 e. The van der Waals surface area contributed by atoms with Crippen molar-refractivity contribution in [2.45, 2.75) is 19.6 Å². The molecule has 0 saturated carbocycles. The summed E-state index contributed by atoms with van der Waals surface area (Å²) in [5, 5.41) is 0. The second-order valence-corrected chi connectivity index (χ2v) is 4.52. The number of hydrogen-bond donors (Lipinski definition) is 1.